The number of thioether (sulfide) groups is 1. The van der Waals surface area contributed by atoms with E-state index in [1.807, 2.05) is 17.8 Å². The van der Waals surface area contributed by atoms with Crippen LogP contribution in [0.4, 0.5) is 0 Å². The smallest absolute Gasteiger partial charge is 0.0417 e. The highest BCUT2D eigenvalue weighted by atomic mass is 35.5. The minimum Gasteiger partial charge on any atom is -0.313 e. The predicted molar refractivity (Wildman–Crippen MR) is 83.6 cm³/mol. The summed E-state index contributed by atoms with van der Waals surface area (Å²) in [4.78, 5) is 1.33. The van der Waals surface area contributed by atoms with Crippen LogP contribution in [0.3, 0.4) is 0 Å². The molecule has 0 saturated heterocycles. The summed E-state index contributed by atoms with van der Waals surface area (Å²) >= 11 is 8.02. The summed E-state index contributed by atoms with van der Waals surface area (Å²) in [6.45, 7) is 8.73. The second kappa shape index (κ2) is 8.84. The molecule has 1 unspecified atom stereocenters. The van der Waals surface area contributed by atoms with Gasteiger partial charge in [-0.25, -0.2) is 0 Å². The Bertz CT molecular complexity index is 354. The van der Waals surface area contributed by atoms with Crippen LogP contribution in [-0.2, 0) is 6.54 Å². The number of benzene rings is 1. The monoisotopic (exact) mass is 285 g/mol. The molecule has 1 aromatic rings. The first-order valence-corrected chi connectivity index (χ1v) is 8.15. The largest absolute Gasteiger partial charge is 0.313 e. The van der Waals surface area contributed by atoms with Gasteiger partial charge in [0, 0.05) is 22.2 Å². The SMILES string of the molecule is CCCNCc1ccc(Cl)cc1SCC(C)CC. The van der Waals surface area contributed by atoms with Gasteiger partial charge in [-0.15, -0.1) is 11.8 Å². The van der Waals surface area contributed by atoms with E-state index in [0.29, 0.717) is 0 Å². The molecule has 0 aromatic heterocycles. The molecular weight excluding hydrogens is 262 g/mol. The van der Waals surface area contributed by atoms with Crippen molar-refractivity contribution in [3.8, 4) is 0 Å². The maximum Gasteiger partial charge on any atom is 0.0417 e. The Kier molecular flexibility index (Phi) is 7.80. The van der Waals surface area contributed by atoms with Crippen molar-refractivity contribution in [3.05, 3.63) is 28.8 Å². The lowest BCUT2D eigenvalue weighted by molar-refractivity contribution is 0.636. The van der Waals surface area contributed by atoms with Crippen LogP contribution < -0.4 is 5.32 Å². The van der Waals surface area contributed by atoms with Gasteiger partial charge in [0.2, 0.25) is 0 Å². The van der Waals surface area contributed by atoms with Gasteiger partial charge in [-0.2, -0.15) is 0 Å². The summed E-state index contributed by atoms with van der Waals surface area (Å²) in [5.74, 6) is 1.92. The fourth-order valence-corrected chi connectivity index (χ4v) is 3.03. The molecule has 0 amide bonds. The Balaban J connectivity index is 2.64. The van der Waals surface area contributed by atoms with Crippen LogP contribution >= 0.6 is 23.4 Å². The molecule has 0 aliphatic heterocycles. The van der Waals surface area contributed by atoms with Crippen LogP contribution in [0.25, 0.3) is 0 Å². The average molecular weight is 286 g/mol. The van der Waals surface area contributed by atoms with Gasteiger partial charge in [0.1, 0.15) is 0 Å². The van der Waals surface area contributed by atoms with Crippen LogP contribution in [0.15, 0.2) is 23.1 Å². The molecule has 0 bridgehead atoms. The Labute approximate surface area is 121 Å². The highest BCUT2D eigenvalue weighted by molar-refractivity contribution is 7.99. The van der Waals surface area contributed by atoms with Gasteiger partial charge in [-0.1, -0.05) is 44.9 Å². The Hall–Kier alpha value is -0.180. The van der Waals surface area contributed by atoms with Gasteiger partial charge >= 0.3 is 0 Å². The first-order valence-electron chi connectivity index (χ1n) is 6.79. The van der Waals surface area contributed by atoms with Gasteiger partial charge < -0.3 is 5.32 Å². The van der Waals surface area contributed by atoms with Crippen LogP contribution in [-0.4, -0.2) is 12.3 Å². The van der Waals surface area contributed by atoms with Crippen LogP contribution in [0.1, 0.15) is 39.2 Å². The van der Waals surface area contributed by atoms with Crippen LogP contribution in [0, 0.1) is 5.92 Å². The van der Waals surface area contributed by atoms with E-state index in [9.17, 15) is 0 Å². The van der Waals surface area contributed by atoms with E-state index >= 15 is 0 Å². The molecule has 18 heavy (non-hydrogen) atoms. The quantitative estimate of drug-likeness (QED) is 0.534. The summed E-state index contributed by atoms with van der Waals surface area (Å²) in [7, 11) is 0. The molecule has 1 N–H and O–H groups in total. The lowest BCUT2D eigenvalue weighted by Gasteiger charge is -2.13. The van der Waals surface area contributed by atoms with Crippen molar-refractivity contribution in [3.63, 3.8) is 0 Å². The van der Waals surface area contributed by atoms with Crippen LogP contribution in [0.5, 0.6) is 0 Å². The zero-order valence-corrected chi connectivity index (χ0v) is 13.2. The molecule has 0 radical (unpaired) electrons. The number of nitrogens with one attached hydrogen (secondary N) is 1. The van der Waals surface area contributed by atoms with Crippen molar-refractivity contribution in [2.75, 3.05) is 12.3 Å². The predicted octanol–water partition coefficient (Wildman–Crippen LogP) is 4.98. The molecule has 0 aliphatic rings. The number of rotatable bonds is 8. The van der Waals surface area contributed by atoms with Crippen molar-refractivity contribution in [1.29, 1.82) is 0 Å². The topological polar surface area (TPSA) is 12.0 Å². The third kappa shape index (κ3) is 5.64. The third-order valence-corrected chi connectivity index (χ3v) is 4.65. The molecule has 0 saturated carbocycles. The molecule has 1 rings (SSSR count). The van der Waals surface area contributed by atoms with Gasteiger partial charge in [0.15, 0.2) is 0 Å². The van der Waals surface area contributed by atoms with Gasteiger partial charge in [0.25, 0.3) is 0 Å². The summed E-state index contributed by atoms with van der Waals surface area (Å²) < 4.78 is 0. The first kappa shape index (κ1) is 15.9. The molecule has 0 spiro atoms. The minimum absolute atomic E-state index is 0.755. The Morgan fingerprint density at radius 2 is 2.11 bits per heavy atom. The van der Waals surface area contributed by atoms with E-state index in [2.05, 4.69) is 38.2 Å². The third-order valence-electron chi connectivity index (χ3n) is 2.99. The first-order chi connectivity index (χ1) is 8.67. The summed E-state index contributed by atoms with van der Waals surface area (Å²) in [5.41, 5.74) is 1.36. The fraction of sp³-hybridized carbons (Fsp3) is 0.600. The molecule has 1 atom stereocenters. The summed E-state index contributed by atoms with van der Waals surface area (Å²) in [6.07, 6.45) is 2.40. The molecule has 1 nitrogen and oxygen atoms in total. The second-order valence-corrected chi connectivity index (χ2v) is 6.25. The van der Waals surface area contributed by atoms with E-state index in [-0.39, 0.29) is 0 Å². The summed E-state index contributed by atoms with van der Waals surface area (Å²) in [5, 5.41) is 4.29. The van der Waals surface area contributed by atoms with Gasteiger partial charge in [-0.3, -0.25) is 0 Å². The number of hydrogen-bond donors (Lipinski definition) is 1. The molecule has 102 valence electrons. The zero-order chi connectivity index (χ0) is 13.4. The van der Waals surface area contributed by atoms with E-state index in [1.165, 1.54) is 23.3 Å². The molecule has 0 heterocycles. The molecular formula is C15H24ClNS. The molecule has 0 fully saturated rings. The normalized spacial score (nSPS) is 12.7. The number of hydrogen-bond acceptors (Lipinski definition) is 2. The molecule has 3 heteroatoms. The van der Waals surface area contributed by atoms with Crippen molar-refractivity contribution in [2.45, 2.75) is 45.1 Å². The number of halogens is 1. The lowest BCUT2D eigenvalue weighted by atomic mass is 10.2. The zero-order valence-electron chi connectivity index (χ0n) is 11.6. The van der Waals surface area contributed by atoms with Crippen molar-refractivity contribution < 1.29 is 0 Å². The van der Waals surface area contributed by atoms with E-state index in [1.54, 1.807) is 0 Å². The lowest BCUT2D eigenvalue weighted by Crippen LogP contribution is -2.14. The van der Waals surface area contributed by atoms with Crippen molar-refractivity contribution in [1.82, 2.24) is 5.32 Å². The summed E-state index contributed by atoms with van der Waals surface area (Å²) in [6, 6.07) is 6.22. The molecule has 0 aliphatic carbocycles. The standard InChI is InChI=1S/C15H24ClNS/c1-4-8-17-10-13-6-7-14(16)9-15(13)18-11-12(3)5-2/h6-7,9,12,17H,4-5,8,10-11H2,1-3H3. The van der Waals surface area contributed by atoms with Gasteiger partial charge in [-0.05, 0) is 36.6 Å². The average Bonchev–Trinajstić information content (AvgIpc) is 2.38. The van der Waals surface area contributed by atoms with E-state index in [4.69, 9.17) is 11.6 Å². The Morgan fingerprint density at radius 1 is 1.33 bits per heavy atom. The maximum absolute atomic E-state index is 6.09. The molecule has 1 aromatic carbocycles. The van der Waals surface area contributed by atoms with E-state index in [0.717, 1.165) is 29.8 Å². The van der Waals surface area contributed by atoms with Gasteiger partial charge in [0.05, 0.1) is 0 Å². The van der Waals surface area contributed by atoms with Crippen LogP contribution in [0.2, 0.25) is 5.02 Å². The Morgan fingerprint density at radius 3 is 2.78 bits per heavy atom. The highest BCUT2D eigenvalue weighted by Crippen LogP contribution is 2.28. The van der Waals surface area contributed by atoms with Crippen molar-refractivity contribution >= 4 is 23.4 Å². The highest BCUT2D eigenvalue weighted by Gasteiger charge is 2.06. The maximum atomic E-state index is 6.09. The second-order valence-electron chi connectivity index (χ2n) is 4.75. The van der Waals surface area contributed by atoms with E-state index < -0.39 is 0 Å². The fourth-order valence-electron chi connectivity index (χ4n) is 1.56. The van der Waals surface area contributed by atoms with Crippen molar-refractivity contribution in [2.24, 2.45) is 5.92 Å². The minimum atomic E-state index is 0.755.